The van der Waals surface area contributed by atoms with Crippen LogP contribution in [0.5, 0.6) is 0 Å². The number of rotatable bonds is 10. The third-order valence-corrected chi connectivity index (χ3v) is 3.43. The van der Waals surface area contributed by atoms with Crippen LogP contribution in [0.25, 0.3) is 0 Å². The summed E-state index contributed by atoms with van der Waals surface area (Å²) in [4.78, 5) is 5.03. The van der Waals surface area contributed by atoms with Crippen molar-refractivity contribution in [3.63, 3.8) is 0 Å². The van der Waals surface area contributed by atoms with Crippen molar-refractivity contribution in [3.05, 3.63) is 0 Å². The molecule has 3 heteroatoms. The number of nitrogens with zero attached hydrogens (tertiary/aromatic N) is 2. The van der Waals surface area contributed by atoms with Gasteiger partial charge in [0, 0.05) is 6.04 Å². The van der Waals surface area contributed by atoms with Crippen LogP contribution in [0.3, 0.4) is 0 Å². The van der Waals surface area contributed by atoms with E-state index >= 15 is 0 Å². The molecule has 0 aromatic rings. The Morgan fingerprint density at radius 3 is 2.06 bits per heavy atom. The summed E-state index contributed by atoms with van der Waals surface area (Å²) in [6, 6.07) is 0.631. The molecular weight excluding hydrogens is 198 g/mol. The Morgan fingerprint density at radius 2 is 1.62 bits per heavy atom. The SMILES string of the molecule is CCN(CC)CCCN(CC)C(C)CCN. The van der Waals surface area contributed by atoms with E-state index < -0.39 is 0 Å². The second-order valence-electron chi connectivity index (χ2n) is 4.44. The smallest absolute Gasteiger partial charge is 0.00788 e. The number of hydrogen-bond donors (Lipinski definition) is 1. The Labute approximate surface area is 102 Å². The van der Waals surface area contributed by atoms with Gasteiger partial charge in [-0.15, -0.1) is 0 Å². The quantitative estimate of drug-likeness (QED) is 0.620. The molecule has 0 aliphatic carbocycles. The molecule has 0 aliphatic heterocycles. The Hall–Kier alpha value is -0.120. The van der Waals surface area contributed by atoms with Gasteiger partial charge in [0.05, 0.1) is 0 Å². The molecule has 0 bridgehead atoms. The minimum atomic E-state index is 0.631. The fraction of sp³-hybridized carbons (Fsp3) is 1.00. The fourth-order valence-electron chi connectivity index (χ4n) is 2.15. The number of hydrogen-bond acceptors (Lipinski definition) is 3. The van der Waals surface area contributed by atoms with Crippen LogP contribution in [-0.2, 0) is 0 Å². The summed E-state index contributed by atoms with van der Waals surface area (Å²) in [5.74, 6) is 0. The minimum Gasteiger partial charge on any atom is -0.330 e. The highest BCUT2D eigenvalue weighted by molar-refractivity contribution is 4.67. The second kappa shape index (κ2) is 10.1. The van der Waals surface area contributed by atoms with E-state index in [9.17, 15) is 0 Å². The zero-order valence-corrected chi connectivity index (χ0v) is 11.7. The summed E-state index contributed by atoms with van der Waals surface area (Å²) in [5, 5.41) is 0. The molecule has 0 radical (unpaired) electrons. The first-order chi connectivity index (χ1) is 7.69. The van der Waals surface area contributed by atoms with E-state index in [1.54, 1.807) is 0 Å². The topological polar surface area (TPSA) is 32.5 Å². The van der Waals surface area contributed by atoms with E-state index in [1.807, 2.05) is 0 Å². The molecule has 0 aromatic carbocycles. The molecule has 16 heavy (non-hydrogen) atoms. The van der Waals surface area contributed by atoms with Gasteiger partial charge < -0.3 is 15.5 Å². The normalized spacial score (nSPS) is 13.7. The molecule has 0 fully saturated rings. The minimum absolute atomic E-state index is 0.631. The maximum Gasteiger partial charge on any atom is 0.00788 e. The van der Waals surface area contributed by atoms with Crippen LogP contribution >= 0.6 is 0 Å². The first-order valence-corrected chi connectivity index (χ1v) is 6.85. The molecule has 0 saturated heterocycles. The Morgan fingerprint density at radius 1 is 1.00 bits per heavy atom. The van der Waals surface area contributed by atoms with Crippen LogP contribution in [0.1, 0.15) is 40.5 Å². The first kappa shape index (κ1) is 15.9. The zero-order chi connectivity index (χ0) is 12.4. The summed E-state index contributed by atoms with van der Waals surface area (Å²) in [5.41, 5.74) is 5.61. The van der Waals surface area contributed by atoms with Gasteiger partial charge in [0.15, 0.2) is 0 Å². The molecular formula is C13H31N3. The van der Waals surface area contributed by atoms with Gasteiger partial charge in [-0.1, -0.05) is 20.8 Å². The van der Waals surface area contributed by atoms with Crippen LogP contribution in [0.15, 0.2) is 0 Å². The molecule has 1 unspecified atom stereocenters. The van der Waals surface area contributed by atoms with E-state index in [2.05, 4.69) is 37.5 Å². The highest BCUT2D eigenvalue weighted by Crippen LogP contribution is 2.04. The van der Waals surface area contributed by atoms with E-state index in [-0.39, 0.29) is 0 Å². The molecule has 1 atom stereocenters. The van der Waals surface area contributed by atoms with Crippen molar-refractivity contribution in [2.75, 3.05) is 39.3 Å². The van der Waals surface area contributed by atoms with Gasteiger partial charge in [-0.3, -0.25) is 0 Å². The van der Waals surface area contributed by atoms with Crippen molar-refractivity contribution >= 4 is 0 Å². The van der Waals surface area contributed by atoms with Crippen molar-refractivity contribution in [1.82, 2.24) is 9.80 Å². The highest BCUT2D eigenvalue weighted by Gasteiger charge is 2.10. The van der Waals surface area contributed by atoms with Crippen LogP contribution < -0.4 is 5.73 Å². The van der Waals surface area contributed by atoms with Crippen LogP contribution in [0.2, 0.25) is 0 Å². The van der Waals surface area contributed by atoms with Gasteiger partial charge in [-0.05, 0) is 59.0 Å². The Balaban J connectivity index is 3.77. The summed E-state index contributed by atoms with van der Waals surface area (Å²) in [7, 11) is 0. The van der Waals surface area contributed by atoms with E-state index in [1.165, 1.54) is 32.6 Å². The monoisotopic (exact) mass is 229 g/mol. The van der Waals surface area contributed by atoms with Crippen LogP contribution in [-0.4, -0.2) is 55.1 Å². The molecule has 98 valence electrons. The predicted molar refractivity (Wildman–Crippen MR) is 72.8 cm³/mol. The van der Waals surface area contributed by atoms with Gasteiger partial charge in [-0.25, -0.2) is 0 Å². The summed E-state index contributed by atoms with van der Waals surface area (Å²) in [6.07, 6.45) is 2.38. The second-order valence-corrected chi connectivity index (χ2v) is 4.44. The lowest BCUT2D eigenvalue weighted by Crippen LogP contribution is -2.37. The van der Waals surface area contributed by atoms with Crippen molar-refractivity contribution < 1.29 is 0 Å². The molecule has 3 nitrogen and oxygen atoms in total. The van der Waals surface area contributed by atoms with Gasteiger partial charge in [0.2, 0.25) is 0 Å². The lowest BCUT2D eigenvalue weighted by molar-refractivity contribution is 0.193. The molecule has 0 heterocycles. The van der Waals surface area contributed by atoms with Gasteiger partial charge in [-0.2, -0.15) is 0 Å². The summed E-state index contributed by atoms with van der Waals surface area (Å²) in [6.45, 7) is 15.7. The maximum atomic E-state index is 5.61. The van der Waals surface area contributed by atoms with E-state index in [0.29, 0.717) is 6.04 Å². The highest BCUT2D eigenvalue weighted by atomic mass is 15.2. The van der Waals surface area contributed by atoms with Crippen LogP contribution in [0, 0.1) is 0 Å². The van der Waals surface area contributed by atoms with E-state index in [0.717, 1.165) is 19.5 Å². The van der Waals surface area contributed by atoms with Crippen molar-refractivity contribution in [2.24, 2.45) is 5.73 Å². The Bertz CT molecular complexity index is 146. The standard InChI is InChI=1S/C13H31N3/c1-5-15(6-2)11-8-12-16(7-3)13(4)9-10-14/h13H,5-12,14H2,1-4H3. The average molecular weight is 229 g/mol. The van der Waals surface area contributed by atoms with Crippen LogP contribution in [0.4, 0.5) is 0 Å². The third-order valence-electron chi connectivity index (χ3n) is 3.43. The van der Waals surface area contributed by atoms with E-state index in [4.69, 9.17) is 5.73 Å². The molecule has 0 amide bonds. The van der Waals surface area contributed by atoms with Gasteiger partial charge in [0.25, 0.3) is 0 Å². The summed E-state index contributed by atoms with van der Waals surface area (Å²) >= 11 is 0. The van der Waals surface area contributed by atoms with Crippen molar-refractivity contribution in [2.45, 2.75) is 46.6 Å². The van der Waals surface area contributed by atoms with Gasteiger partial charge >= 0.3 is 0 Å². The molecule has 0 rings (SSSR count). The lowest BCUT2D eigenvalue weighted by Gasteiger charge is -2.28. The largest absolute Gasteiger partial charge is 0.330 e. The molecule has 2 N–H and O–H groups in total. The Kier molecular flexibility index (Phi) is 9.99. The fourth-order valence-corrected chi connectivity index (χ4v) is 2.15. The molecule has 0 spiro atoms. The first-order valence-electron chi connectivity index (χ1n) is 6.85. The molecule has 0 saturated carbocycles. The third kappa shape index (κ3) is 6.46. The maximum absolute atomic E-state index is 5.61. The number of nitrogens with two attached hydrogens (primary N) is 1. The molecule has 0 aliphatic rings. The summed E-state index contributed by atoms with van der Waals surface area (Å²) < 4.78 is 0. The van der Waals surface area contributed by atoms with Gasteiger partial charge in [0.1, 0.15) is 0 Å². The zero-order valence-electron chi connectivity index (χ0n) is 11.7. The predicted octanol–water partition coefficient (Wildman–Crippen LogP) is 1.78. The molecule has 0 aromatic heterocycles. The lowest BCUT2D eigenvalue weighted by atomic mass is 10.2. The van der Waals surface area contributed by atoms with Crippen molar-refractivity contribution in [3.8, 4) is 0 Å². The van der Waals surface area contributed by atoms with Crippen molar-refractivity contribution in [1.29, 1.82) is 0 Å². The average Bonchev–Trinajstić information content (AvgIpc) is 2.30.